The molecule has 0 heterocycles. The van der Waals surface area contributed by atoms with Crippen LogP contribution in [-0.2, 0) is 10.0 Å². The molecule has 0 amide bonds. The number of hydrogen-bond acceptors (Lipinski definition) is 4. The maximum atomic E-state index is 11.6. The molecule has 19 heavy (non-hydrogen) atoms. The fourth-order valence-corrected chi connectivity index (χ4v) is 3.22. The van der Waals surface area contributed by atoms with E-state index in [-0.39, 0.29) is 4.90 Å². The normalized spacial score (nSPS) is 16.7. The van der Waals surface area contributed by atoms with Crippen LogP contribution in [0.15, 0.2) is 23.1 Å². The summed E-state index contributed by atoms with van der Waals surface area (Å²) in [5, 5.41) is 3.31. The van der Waals surface area contributed by atoms with Crippen molar-refractivity contribution in [3.63, 3.8) is 0 Å². The van der Waals surface area contributed by atoms with Crippen molar-refractivity contribution >= 4 is 21.4 Å². The summed E-state index contributed by atoms with van der Waals surface area (Å²) in [5.74, 6) is 0.708. The maximum absolute atomic E-state index is 11.6. The molecule has 0 spiro atoms. The summed E-state index contributed by atoms with van der Waals surface area (Å²) in [6.45, 7) is 0.905. The van der Waals surface area contributed by atoms with Gasteiger partial charge in [0.25, 0.3) is 0 Å². The molecule has 0 bridgehead atoms. The van der Waals surface area contributed by atoms with Crippen molar-refractivity contribution in [3.05, 3.63) is 18.2 Å². The van der Waals surface area contributed by atoms with Crippen molar-refractivity contribution in [1.29, 1.82) is 0 Å². The Balaban J connectivity index is 2.06. The number of benzene rings is 1. The molecule has 6 heteroatoms. The van der Waals surface area contributed by atoms with Crippen LogP contribution < -0.4 is 15.8 Å². The summed E-state index contributed by atoms with van der Waals surface area (Å²) in [4.78, 5) is 0.193. The molecule has 0 saturated heterocycles. The van der Waals surface area contributed by atoms with Crippen molar-refractivity contribution in [2.24, 2.45) is 5.92 Å². The number of nitrogens with one attached hydrogen (secondary N) is 2. The van der Waals surface area contributed by atoms with E-state index in [0.717, 1.165) is 12.2 Å². The fraction of sp³-hybridized carbons (Fsp3) is 0.538. The number of nitrogen functional groups attached to an aromatic ring is 1. The molecule has 1 saturated carbocycles. The number of rotatable bonds is 5. The van der Waals surface area contributed by atoms with Crippen LogP contribution in [0.3, 0.4) is 0 Å². The van der Waals surface area contributed by atoms with Crippen molar-refractivity contribution < 1.29 is 8.42 Å². The van der Waals surface area contributed by atoms with E-state index in [4.69, 9.17) is 5.73 Å². The van der Waals surface area contributed by atoms with Gasteiger partial charge in [-0.2, -0.15) is 0 Å². The third-order valence-electron chi connectivity index (χ3n) is 3.66. The lowest BCUT2D eigenvalue weighted by atomic mass is 10.1. The van der Waals surface area contributed by atoms with Gasteiger partial charge in [0.1, 0.15) is 0 Å². The Morgan fingerprint density at radius 3 is 2.58 bits per heavy atom. The quantitative estimate of drug-likeness (QED) is 0.719. The molecular weight excluding hydrogens is 262 g/mol. The first-order valence-electron chi connectivity index (χ1n) is 6.60. The van der Waals surface area contributed by atoms with Crippen LogP contribution in [0.25, 0.3) is 0 Å². The van der Waals surface area contributed by atoms with Gasteiger partial charge in [0.05, 0.1) is 16.3 Å². The van der Waals surface area contributed by atoms with Gasteiger partial charge < -0.3 is 11.1 Å². The number of hydrogen-bond donors (Lipinski definition) is 3. The average molecular weight is 283 g/mol. The maximum Gasteiger partial charge on any atom is 0.240 e. The molecule has 1 aromatic carbocycles. The molecular formula is C13H21N3O2S. The Morgan fingerprint density at radius 2 is 2.00 bits per heavy atom. The average Bonchev–Trinajstić information content (AvgIpc) is 2.90. The summed E-state index contributed by atoms with van der Waals surface area (Å²) < 4.78 is 25.6. The van der Waals surface area contributed by atoms with Crippen LogP contribution in [0, 0.1) is 5.92 Å². The van der Waals surface area contributed by atoms with Crippen molar-refractivity contribution in [1.82, 2.24) is 4.72 Å². The molecule has 1 aromatic rings. The minimum absolute atomic E-state index is 0.193. The standard InChI is InChI=1S/C13H21N3O2S/c1-15-19(17,18)11-6-7-13(12(14)8-11)16-9-10-4-2-3-5-10/h6-8,10,15-16H,2-5,9,14H2,1H3. The van der Waals surface area contributed by atoms with Crippen molar-refractivity contribution in [2.75, 3.05) is 24.6 Å². The molecule has 0 radical (unpaired) electrons. The van der Waals surface area contributed by atoms with Crippen LogP contribution in [0.5, 0.6) is 0 Å². The monoisotopic (exact) mass is 283 g/mol. The minimum Gasteiger partial charge on any atom is -0.397 e. The predicted molar refractivity (Wildman–Crippen MR) is 77.5 cm³/mol. The second-order valence-corrected chi connectivity index (χ2v) is 6.87. The zero-order valence-corrected chi connectivity index (χ0v) is 12.0. The van der Waals surface area contributed by atoms with E-state index in [2.05, 4.69) is 10.0 Å². The van der Waals surface area contributed by atoms with Gasteiger partial charge in [-0.3, -0.25) is 0 Å². The van der Waals surface area contributed by atoms with Crippen molar-refractivity contribution in [2.45, 2.75) is 30.6 Å². The van der Waals surface area contributed by atoms with Gasteiger partial charge in [-0.25, -0.2) is 13.1 Å². The highest BCUT2D eigenvalue weighted by Crippen LogP contribution is 2.27. The van der Waals surface area contributed by atoms with Gasteiger partial charge in [0.15, 0.2) is 0 Å². The smallest absolute Gasteiger partial charge is 0.240 e. The summed E-state index contributed by atoms with van der Waals surface area (Å²) in [5.41, 5.74) is 7.18. The first-order chi connectivity index (χ1) is 9.03. The summed E-state index contributed by atoms with van der Waals surface area (Å²) >= 11 is 0. The summed E-state index contributed by atoms with van der Waals surface area (Å²) in [7, 11) is -2.04. The SMILES string of the molecule is CNS(=O)(=O)c1ccc(NCC2CCCC2)c(N)c1. The Labute approximate surface area is 114 Å². The van der Waals surface area contributed by atoms with E-state index in [9.17, 15) is 8.42 Å². The molecule has 0 unspecified atom stereocenters. The van der Waals surface area contributed by atoms with Gasteiger partial charge in [-0.15, -0.1) is 0 Å². The highest BCUT2D eigenvalue weighted by Gasteiger charge is 2.16. The lowest BCUT2D eigenvalue weighted by molar-refractivity contribution is 0.580. The van der Waals surface area contributed by atoms with E-state index in [0.29, 0.717) is 11.6 Å². The second-order valence-electron chi connectivity index (χ2n) is 4.99. The van der Waals surface area contributed by atoms with Crippen LogP contribution in [0.2, 0.25) is 0 Å². The van der Waals surface area contributed by atoms with E-state index >= 15 is 0 Å². The summed E-state index contributed by atoms with van der Waals surface area (Å²) in [6.07, 6.45) is 5.14. The van der Waals surface area contributed by atoms with Crippen molar-refractivity contribution in [3.8, 4) is 0 Å². The van der Waals surface area contributed by atoms with E-state index < -0.39 is 10.0 Å². The third kappa shape index (κ3) is 3.39. The van der Waals surface area contributed by atoms with Crippen LogP contribution in [0.1, 0.15) is 25.7 Å². The van der Waals surface area contributed by atoms with Gasteiger partial charge in [-0.05, 0) is 44.0 Å². The van der Waals surface area contributed by atoms with Crippen LogP contribution in [-0.4, -0.2) is 22.0 Å². The first-order valence-corrected chi connectivity index (χ1v) is 8.08. The Kier molecular flexibility index (Phi) is 4.31. The highest BCUT2D eigenvalue weighted by atomic mass is 32.2. The number of nitrogens with two attached hydrogens (primary N) is 1. The van der Waals surface area contributed by atoms with Gasteiger partial charge in [0, 0.05) is 6.54 Å². The molecule has 0 aliphatic heterocycles. The zero-order valence-electron chi connectivity index (χ0n) is 11.1. The fourth-order valence-electron chi connectivity index (χ4n) is 2.46. The van der Waals surface area contributed by atoms with Gasteiger partial charge >= 0.3 is 0 Å². The largest absolute Gasteiger partial charge is 0.397 e. The first kappa shape index (κ1) is 14.1. The zero-order chi connectivity index (χ0) is 13.9. The van der Waals surface area contributed by atoms with Crippen LogP contribution in [0.4, 0.5) is 11.4 Å². The molecule has 0 atom stereocenters. The Bertz CT molecular complexity index is 537. The number of anilines is 2. The summed E-state index contributed by atoms with van der Waals surface area (Å²) in [6, 6.07) is 4.79. The Morgan fingerprint density at radius 1 is 1.32 bits per heavy atom. The molecule has 4 N–H and O–H groups in total. The third-order valence-corrected chi connectivity index (χ3v) is 5.07. The molecule has 1 aliphatic carbocycles. The molecule has 106 valence electrons. The lowest BCUT2D eigenvalue weighted by Gasteiger charge is -2.14. The molecule has 1 fully saturated rings. The number of sulfonamides is 1. The Hall–Kier alpha value is -1.27. The predicted octanol–water partition coefficient (Wildman–Crippen LogP) is 1.78. The lowest BCUT2D eigenvalue weighted by Crippen LogP contribution is -2.19. The topological polar surface area (TPSA) is 84.2 Å². The van der Waals surface area contributed by atoms with Crippen LogP contribution >= 0.6 is 0 Å². The van der Waals surface area contributed by atoms with Gasteiger partial charge in [-0.1, -0.05) is 12.8 Å². The minimum atomic E-state index is -3.43. The van der Waals surface area contributed by atoms with E-state index in [1.165, 1.54) is 38.8 Å². The van der Waals surface area contributed by atoms with Gasteiger partial charge in [0.2, 0.25) is 10.0 Å². The molecule has 2 rings (SSSR count). The second kappa shape index (κ2) is 5.79. The van der Waals surface area contributed by atoms with E-state index in [1.807, 2.05) is 0 Å². The molecule has 1 aliphatic rings. The molecule has 0 aromatic heterocycles. The highest BCUT2D eigenvalue weighted by molar-refractivity contribution is 7.89. The molecule has 5 nitrogen and oxygen atoms in total. The van der Waals surface area contributed by atoms with E-state index in [1.54, 1.807) is 12.1 Å².